The van der Waals surface area contributed by atoms with Crippen molar-refractivity contribution in [3.8, 4) is 5.75 Å². The van der Waals surface area contributed by atoms with Crippen molar-refractivity contribution in [3.05, 3.63) is 71.8 Å². The van der Waals surface area contributed by atoms with Gasteiger partial charge in [-0.3, -0.25) is 4.79 Å². The van der Waals surface area contributed by atoms with Gasteiger partial charge in [0.2, 0.25) is 0 Å². The van der Waals surface area contributed by atoms with E-state index in [1.54, 1.807) is 31.2 Å². The highest BCUT2D eigenvalue weighted by molar-refractivity contribution is 6.03. The third-order valence-corrected chi connectivity index (χ3v) is 3.76. The lowest BCUT2D eigenvalue weighted by Gasteiger charge is -2.07. The number of hydrazone groups is 1. The van der Waals surface area contributed by atoms with Crippen molar-refractivity contribution in [1.82, 2.24) is 5.43 Å². The maximum Gasteiger partial charge on any atom is 0.275 e. The van der Waals surface area contributed by atoms with E-state index in [4.69, 9.17) is 5.73 Å². The maximum absolute atomic E-state index is 12.3. The molecule has 3 aromatic carbocycles. The molecule has 3 rings (SSSR count). The molecule has 0 radical (unpaired) electrons. The van der Waals surface area contributed by atoms with Gasteiger partial charge in [0.05, 0.1) is 11.3 Å². The molecule has 120 valence electrons. The summed E-state index contributed by atoms with van der Waals surface area (Å²) in [5.41, 5.74) is 10.5. The minimum atomic E-state index is -0.465. The van der Waals surface area contributed by atoms with E-state index in [1.165, 1.54) is 0 Å². The first-order chi connectivity index (χ1) is 11.5. The molecule has 0 fully saturated rings. The van der Waals surface area contributed by atoms with E-state index in [1.807, 2.05) is 36.4 Å². The van der Waals surface area contributed by atoms with Crippen LogP contribution in [0, 0.1) is 0 Å². The first kappa shape index (κ1) is 15.6. The molecule has 5 nitrogen and oxygen atoms in total. The highest BCUT2D eigenvalue weighted by Gasteiger charge is 2.12. The first-order valence-corrected chi connectivity index (χ1v) is 7.47. The van der Waals surface area contributed by atoms with Gasteiger partial charge in [0.15, 0.2) is 0 Å². The van der Waals surface area contributed by atoms with Gasteiger partial charge in [-0.1, -0.05) is 36.4 Å². The van der Waals surface area contributed by atoms with Crippen LogP contribution in [-0.4, -0.2) is 16.7 Å². The van der Waals surface area contributed by atoms with Gasteiger partial charge in [0.25, 0.3) is 5.91 Å². The largest absolute Gasteiger partial charge is 0.507 e. The average molecular weight is 319 g/mol. The predicted octanol–water partition coefficient (Wildman–Crippen LogP) is 3.28. The molecular weight excluding hydrogens is 302 g/mol. The van der Waals surface area contributed by atoms with Gasteiger partial charge in [0, 0.05) is 5.69 Å². The van der Waals surface area contributed by atoms with E-state index in [2.05, 4.69) is 10.5 Å². The van der Waals surface area contributed by atoms with E-state index >= 15 is 0 Å². The number of nitrogens with one attached hydrogen (secondary N) is 1. The summed E-state index contributed by atoms with van der Waals surface area (Å²) >= 11 is 0. The van der Waals surface area contributed by atoms with E-state index in [-0.39, 0.29) is 11.3 Å². The molecule has 3 aromatic rings. The zero-order chi connectivity index (χ0) is 17.1. The van der Waals surface area contributed by atoms with Gasteiger partial charge >= 0.3 is 0 Å². The monoisotopic (exact) mass is 319 g/mol. The zero-order valence-electron chi connectivity index (χ0n) is 13.2. The molecule has 0 bridgehead atoms. The molecule has 0 aliphatic carbocycles. The van der Waals surface area contributed by atoms with Gasteiger partial charge in [-0.15, -0.1) is 0 Å². The summed E-state index contributed by atoms with van der Waals surface area (Å²) in [5, 5.41) is 15.9. The molecule has 0 heterocycles. The Morgan fingerprint density at radius 2 is 1.67 bits per heavy atom. The van der Waals surface area contributed by atoms with Crippen LogP contribution in [0.1, 0.15) is 22.8 Å². The average Bonchev–Trinajstić information content (AvgIpc) is 2.59. The molecule has 1 amide bonds. The van der Waals surface area contributed by atoms with Gasteiger partial charge in [0.1, 0.15) is 5.75 Å². The molecule has 0 unspecified atom stereocenters. The van der Waals surface area contributed by atoms with Gasteiger partial charge in [-0.05, 0) is 47.5 Å². The van der Waals surface area contributed by atoms with Crippen LogP contribution in [0.4, 0.5) is 5.69 Å². The zero-order valence-corrected chi connectivity index (χ0v) is 13.2. The SMILES string of the molecule is CC(=NNC(=O)c1cc2ccccc2cc1O)c1ccc(N)cc1. The summed E-state index contributed by atoms with van der Waals surface area (Å²) in [6, 6.07) is 17.9. The number of nitrogens with zero attached hydrogens (tertiary/aromatic N) is 1. The Labute approximate surface area is 139 Å². The van der Waals surface area contributed by atoms with Crippen molar-refractivity contribution in [1.29, 1.82) is 0 Å². The molecule has 0 spiro atoms. The van der Waals surface area contributed by atoms with E-state index < -0.39 is 5.91 Å². The number of nitrogens with two attached hydrogens (primary N) is 1. The fraction of sp³-hybridized carbons (Fsp3) is 0.0526. The molecule has 24 heavy (non-hydrogen) atoms. The van der Waals surface area contributed by atoms with Crippen LogP contribution in [0.25, 0.3) is 10.8 Å². The molecule has 5 heteroatoms. The van der Waals surface area contributed by atoms with E-state index in [0.717, 1.165) is 16.3 Å². The lowest BCUT2D eigenvalue weighted by atomic mass is 10.1. The van der Waals surface area contributed by atoms with Crippen LogP contribution in [0.2, 0.25) is 0 Å². The Kier molecular flexibility index (Phi) is 4.16. The van der Waals surface area contributed by atoms with Crippen molar-refractivity contribution in [2.75, 3.05) is 5.73 Å². The second-order valence-electron chi connectivity index (χ2n) is 5.48. The van der Waals surface area contributed by atoms with Crippen LogP contribution >= 0.6 is 0 Å². The Hall–Kier alpha value is -3.34. The molecule has 0 aliphatic rings. The number of anilines is 1. The minimum absolute atomic E-state index is 0.0773. The number of phenols is 1. The summed E-state index contributed by atoms with van der Waals surface area (Å²) in [5.74, 6) is -0.542. The minimum Gasteiger partial charge on any atom is -0.507 e. The first-order valence-electron chi connectivity index (χ1n) is 7.47. The third-order valence-electron chi connectivity index (χ3n) is 3.76. The number of nitrogen functional groups attached to an aromatic ring is 1. The Morgan fingerprint density at radius 1 is 1.04 bits per heavy atom. The summed E-state index contributed by atoms with van der Waals surface area (Å²) in [7, 11) is 0. The van der Waals surface area contributed by atoms with Crippen LogP contribution in [0.15, 0.2) is 65.8 Å². The van der Waals surface area contributed by atoms with Crippen molar-refractivity contribution in [2.45, 2.75) is 6.92 Å². The Bertz CT molecular complexity index is 931. The highest BCUT2D eigenvalue weighted by atomic mass is 16.3. The number of carbonyl (C=O) groups excluding carboxylic acids is 1. The summed E-state index contributed by atoms with van der Waals surface area (Å²) < 4.78 is 0. The number of rotatable bonds is 3. The quantitative estimate of drug-likeness (QED) is 0.393. The lowest BCUT2D eigenvalue weighted by Crippen LogP contribution is -2.19. The molecule has 0 saturated heterocycles. The number of hydrogen-bond donors (Lipinski definition) is 3. The summed E-state index contributed by atoms with van der Waals surface area (Å²) in [6.07, 6.45) is 0. The molecular formula is C19H17N3O2. The highest BCUT2D eigenvalue weighted by Crippen LogP contribution is 2.24. The second-order valence-corrected chi connectivity index (χ2v) is 5.48. The lowest BCUT2D eigenvalue weighted by molar-refractivity contribution is 0.0952. The summed E-state index contributed by atoms with van der Waals surface area (Å²) in [4.78, 5) is 12.3. The number of amides is 1. The number of carbonyl (C=O) groups is 1. The molecule has 0 atom stereocenters. The second kappa shape index (κ2) is 6.42. The van der Waals surface area contributed by atoms with Crippen molar-refractivity contribution in [3.63, 3.8) is 0 Å². The number of fused-ring (bicyclic) bond motifs is 1. The normalized spacial score (nSPS) is 11.5. The molecule has 0 saturated carbocycles. The fourth-order valence-electron chi connectivity index (χ4n) is 2.39. The topological polar surface area (TPSA) is 87.7 Å². The van der Waals surface area contributed by atoms with Gasteiger partial charge < -0.3 is 10.8 Å². The number of hydrogen-bond acceptors (Lipinski definition) is 4. The van der Waals surface area contributed by atoms with Crippen molar-refractivity contribution < 1.29 is 9.90 Å². The third kappa shape index (κ3) is 3.20. The van der Waals surface area contributed by atoms with Gasteiger partial charge in [-0.2, -0.15) is 5.10 Å². The van der Waals surface area contributed by atoms with Crippen LogP contribution < -0.4 is 11.2 Å². The summed E-state index contributed by atoms with van der Waals surface area (Å²) in [6.45, 7) is 1.78. The van der Waals surface area contributed by atoms with Crippen LogP contribution in [0.3, 0.4) is 0 Å². The maximum atomic E-state index is 12.3. The molecule has 0 aliphatic heterocycles. The van der Waals surface area contributed by atoms with Crippen LogP contribution in [-0.2, 0) is 0 Å². The predicted molar refractivity (Wildman–Crippen MR) is 96.1 cm³/mol. The van der Waals surface area contributed by atoms with Crippen LogP contribution in [0.5, 0.6) is 5.75 Å². The Balaban J connectivity index is 1.83. The van der Waals surface area contributed by atoms with E-state index in [0.29, 0.717) is 11.4 Å². The van der Waals surface area contributed by atoms with Crippen molar-refractivity contribution >= 4 is 28.1 Å². The Morgan fingerprint density at radius 3 is 2.33 bits per heavy atom. The van der Waals surface area contributed by atoms with Crippen molar-refractivity contribution in [2.24, 2.45) is 5.10 Å². The number of benzene rings is 3. The standard InChI is InChI=1S/C19H17N3O2/c1-12(13-6-8-16(20)9-7-13)21-22-19(24)17-10-14-4-2-3-5-15(14)11-18(17)23/h2-11,23H,20H2,1H3,(H,22,24). The number of aromatic hydroxyl groups is 1. The number of phenolic OH excluding ortho intramolecular Hbond substituents is 1. The smallest absolute Gasteiger partial charge is 0.275 e. The molecule has 4 N–H and O–H groups in total. The molecule has 0 aromatic heterocycles. The van der Waals surface area contributed by atoms with E-state index in [9.17, 15) is 9.90 Å². The fourth-order valence-corrected chi connectivity index (χ4v) is 2.39. The van der Waals surface area contributed by atoms with Gasteiger partial charge in [-0.25, -0.2) is 5.43 Å².